The molecule has 6 heteroatoms. The van der Waals surface area contributed by atoms with E-state index in [0.717, 1.165) is 15.8 Å². The number of aromatic nitrogens is 1. The number of fused-ring (bicyclic) bond motifs is 1. The highest BCUT2D eigenvalue weighted by Gasteiger charge is 2.06. The fourth-order valence-corrected chi connectivity index (χ4v) is 2.84. The molecule has 0 atom stereocenters. The molecule has 0 spiro atoms. The van der Waals surface area contributed by atoms with Crippen LogP contribution in [0.25, 0.3) is 10.2 Å². The number of rotatable bonds is 3. The van der Waals surface area contributed by atoms with Crippen LogP contribution < -0.4 is 10.6 Å². The molecule has 0 saturated carbocycles. The molecule has 1 aromatic heterocycles. The highest BCUT2D eigenvalue weighted by atomic mass is 35.5. The van der Waals surface area contributed by atoms with Crippen LogP contribution in [-0.2, 0) is 6.54 Å². The maximum atomic E-state index is 11.8. The highest BCUT2D eigenvalue weighted by Crippen LogP contribution is 2.25. The van der Waals surface area contributed by atoms with Gasteiger partial charge in [-0.2, -0.15) is 0 Å². The van der Waals surface area contributed by atoms with Crippen LogP contribution in [0.4, 0.5) is 9.93 Å². The van der Waals surface area contributed by atoms with Crippen LogP contribution in [0.15, 0.2) is 48.5 Å². The Morgan fingerprint density at radius 2 is 1.90 bits per heavy atom. The van der Waals surface area contributed by atoms with E-state index in [1.807, 2.05) is 36.4 Å². The van der Waals surface area contributed by atoms with Gasteiger partial charge in [0.2, 0.25) is 0 Å². The van der Waals surface area contributed by atoms with Gasteiger partial charge in [-0.3, -0.25) is 5.32 Å². The Kier molecular flexibility index (Phi) is 4.03. The summed E-state index contributed by atoms with van der Waals surface area (Å²) in [6.07, 6.45) is 0. The van der Waals surface area contributed by atoms with Gasteiger partial charge < -0.3 is 5.32 Å². The normalized spacial score (nSPS) is 10.5. The summed E-state index contributed by atoms with van der Waals surface area (Å²) in [5.41, 5.74) is 1.87. The SMILES string of the molecule is O=C(NCc1ccc(Cl)cc1)Nc1nc2ccccc2s1. The molecule has 4 nitrogen and oxygen atoms in total. The van der Waals surface area contributed by atoms with Crippen molar-refractivity contribution in [2.45, 2.75) is 6.54 Å². The van der Waals surface area contributed by atoms with Crippen LogP contribution in [-0.4, -0.2) is 11.0 Å². The largest absolute Gasteiger partial charge is 0.334 e. The number of nitrogens with zero attached hydrogens (tertiary/aromatic N) is 1. The van der Waals surface area contributed by atoms with E-state index < -0.39 is 0 Å². The number of hydrogen-bond donors (Lipinski definition) is 2. The molecule has 21 heavy (non-hydrogen) atoms. The van der Waals surface area contributed by atoms with Crippen molar-refractivity contribution < 1.29 is 4.79 Å². The lowest BCUT2D eigenvalue weighted by Crippen LogP contribution is -2.28. The number of anilines is 1. The smallest absolute Gasteiger partial charge is 0.321 e. The van der Waals surface area contributed by atoms with E-state index in [2.05, 4.69) is 15.6 Å². The summed E-state index contributed by atoms with van der Waals surface area (Å²) in [6.45, 7) is 0.438. The molecular weight excluding hydrogens is 306 g/mol. The van der Waals surface area contributed by atoms with Crippen molar-refractivity contribution in [1.29, 1.82) is 0 Å². The number of carbonyl (C=O) groups is 1. The molecule has 0 aliphatic rings. The van der Waals surface area contributed by atoms with E-state index in [9.17, 15) is 4.79 Å². The van der Waals surface area contributed by atoms with E-state index in [-0.39, 0.29) is 6.03 Å². The summed E-state index contributed by atoms with van der Waals surface area (Å²) in [5, 5.41) is 6.80. The average molecular weight is 318 g/mol. The average Bonchev–Trinajstić information content (AvgIpc) is 2.88. The van der Waals surface area contributed by atoms with Crippen molar-refractivity contribution in [3.05, 3.63) is 59.1 Å². The first-order valence-electron chi connectivity index (χ1n) is 6.35. The molecule has 0 radical (unpaired) electrons. The fourth-order valence-electron chi connectivity index (χ4n) is 1.85. The van der Waals surface area contributed by atoms with Crippen LogP contribution in [0.1, 0.15) is 5.56 Å². The lowest BCUT2D eigenvalue weighted by Gasteiger charge is -2.05. The molecule has 1 heterocycles. The zero-order valence-electron chi connectivity index (χ0n) is 11.0. The Labute approximate surface area is 130 Å². The first kappa shape index (κ1) is 13.9. The van der Waals surface area contributed by atoms with Gasteiger partial charge in [0.1, 0.15) is 0 Å². The molecular formula is C15H12ClN3OS. The molecule has 0 aliphatic heterocycles. The van der Waals surface area contributed by atoms with E-state index >= 15 is 0 Å². The van der Waals surface area contributed by atoms with E-state index in [0.29, 0.717) is 16.7 Å². The second-order valence-corrected chi connectivity index (χ2v) is 5.89. The van der Waals surface area contributed by atoms with Crippen molar-refractivity contribution in [3.8, 4) is 0 Å². The zero-order valence-corrected chi connectivity index (χ0v) is 12.5. The minimum absolute atomic E-state index is 0.274. The quantitative estimate of drug-likeness (QED) is 0.758. The Balaban J connectivity index is 1.59. The number of carbonyl (C=O) groups excluding carboxylic acids is 1. The van der Waals surface area contributed by atoms with Crippen LogP contribution >= 0.6 is 22.9 Å². The minimum Gasteiger partial charge on any atom is -0.334 e. The monoisotopic (exact) mass is 317 g/mol. The molecule has 2 aromatic carbocycles. The highest BCUT2D eigenvalue weighted by molar-refractivity contribution is 7.22. The fraction of sp³-hybridized carbons (Fsp3) is 0.0667. The van der Waals surface area contributed by atoms with Gasteiger partial charge in [0.25, 0.3) is 0 Å². The molecule has 0 bridgehead atoms. The van der Waals surface area contributed by atoms with E-state index in [1.165, 1.54) is 11.3 Å². The second-order valence-electron chi connectivity index (χ2n) is 4.42. The summed E-state index contributed by atoms with van der Waals surface area (Å²) in [5.74, 6) is 0. The lowest BCUT2D eigenvalue weighted by atomic mass is 10.2. The van der Waals surface area contributed by atoms with Gasteiger partial charge in [-0.15, -0.1) is 0 Å². The number of thiazole rings is 1. The molecule has 0 unspecified atom stereocenters. The molecule has 0 saturated heterocycles. The van der Waals surface area contributed by atoms with Crippen LogP contribution in [0.2, 0.25) is 5.02 Å². The Morgan fingerprint density at radius 3 is 2.67 bits per heavy atom. The zero-order chi connectivity index (χ0) is 14.7. The molecule has 2 amide bonds. The van der Waals surface area contributed by atoms with Gasteiger partial charge in [0.15, 0.2) is 5.13 Å². The third-order valence-corrected chi connectivity index (χ3v) is 4.08. The summed E-state index contributed by atoms with van der Waals surface area (Å²) in [7, 11) is 0. The van der Waals surface area contributed by atoms with Gasteiger partial charge in [0, 0.05) is 11.6 Å². The summed E-state index contributed by atoms with van der Waals surface area (Å²) >= 11 is 7.26. The predicted octanol–water partition coefficient (Wildman–Crippen LogP) is 4.27. The summed E-state index contributed by atoms with van der Waals surface area (Å²) in [4.78, 5) is 16.2. The molecule has 0 fully saturated rings. The van der Waals surface area contributed by atoms with Crippen molar-refractivity contribution in [2.75, 3.05) is 5.32 Å². The van der Waals surface area contributed by atoms with Crippen molar-refractivity contribution >= 4 is 44.3 Å². The van der Waals surface area contributed by atoms with E-state index in [1.54, 1.807) is 12.1 Å². The van der Waals surface area contributed by atoms with Gasteiger partial charge in [-0.1, -0.05) is 47.2 Å². The molecule has 0 aliphatic carbocycles. The number of halogens is 1. The van der Waals surface area contributed by atoms with Gasteiger partial charge in [0.05, 0.1) is 10.2 Å². The number of urea groups is 1. The second kappa shape index (κ2) is 6.11. The topological polar surface area (TPSA) is 54.0 Å². The summed E-state index contributed by atoms with van der Waals surface area (Å²) < 4.78 is 1.05. The van der Waals surface area contributed by atoms with Crippen LogP contribution in [0, 0.1) is 0 Å². The minimum atomic E-state index is -0.274. The maximum absolute atomic E-state index is 11.8. The Hall–Kier alpha value is -2.11. The summed E-state index contributed by atoms with van der Waals surface area (Å²) in [6, 6.07) is 14.8. The molecule has 2 N–H and O–H groups in total. The predicted molar refractivity (Wildman–Crippen MR) is 86.9 cm³/mol. The van der Waals surface area contributed by atoms with Crippen LogP contribution in [0.5, 0.6) is 0 Å². The van der Waals surface area contributed by atoms with Crippen molar-refractivity contribution in [1.82, 2.24) is 10.3 Å². The number of nitrogens with one attached hydrogen (secondary N) is 2. The lowest BCUT2D eigenvalue weighted by molar-refractivity contribution is 0.251. The third-order valence-electron chi connectivity index (χ3n) is 2.88. The van der Waals surface area contributed by atoms with Crippen LogP contribution in [0.3, 0.4) is 0 Å². The molecule has 106 valence electrons. The van der Waals surface area contributed by atoms with Gasteiger partial charge >= 0.3 is 6.03 Å². The standard InChI is InChI=1S/C15H12ClN3OS/c16-11-7-5-10(6-8-11)9-17-14(20)19-15-18-12-3-1-2-4-13(12)21-15/h1-8H,9H2,(H2,17,18,19,20). The van der Waals surface area contributed by atoms with E-state index in [4.69, 9.17) is 11.6 Å². The Bertz CT molecular complexity index is 737. The third kappa shape index (κ3) is 3.51. The number of para-hydroxylation sites is 1. The first-order valence-corrected chi connectivity index (χ1v) is 7.55. The molecule has 3 aromatic rings. The van der Waals surface area contributed by atoms with Crippen molar-refractivity contribution in [3.63, 3.8) is 0 Å². The number of amides is 2. The van der Waals surface area contributed by atoms with Gasteiger partial charge in [-0.25, -0.2) is 9.78 Å². The Morgan fingerprint density at radius 1 is 1.14 bits per heavy atom. The number of benzene rings is 2. The van der Waals surface area contributed by atoms with Crippen molar-refractivity contribution in [2.24, 2.45) is 0 Å². The maximum Gasteiger partial charge on any atom is 0.321 e. The number of hydrogen-bond acceptors (Lipinski definition) is 3. The first-order chi connectivity index (χ1) is 10.2. The van der Waals surface area contributed by atoms with Gasteiger partial charge in [-0.05, 0) is 29.8 Å². The molecule has 3 rings (SSSR count).